The molecule has 3 heteroatoms. The molecular weight excluding hydrogens is 218 g/mol. The molecular formula is C13H11NOS. The first-order valence-electron chi connectivity index (χ1n) is 5.34. The lowest BCUT2D eigenvalue weighted by molar-refractivity contribution is 0.0936. The van der Waals surface area contributed by atoms with Crippen molar-refractivity contribution in [2.75, 3.05) is 0 Å². The highest BCUT2D eigenvalue weighted by atomic mass is 32.1. The molecule has 0 saturated heterocycles. The molecule has 1 heterocycles. The lowest BCUT2D eigenvalue weighted by Crippen LogP contribution is -2.11. The van der Waals surface area contributed by atoms with Crippen molar-refractivity contribution in [1.29, 1.82) is 0 Å². The van der Waals surface area contributed by atoms with Gasteiger partial charge in [-0.1, -0.05) is 24.3 Å². The summed E-state index contributed by atoms with van der Waals surface area (Å²) in [6, 6.07) is 7.93. The second-order valence-electron chi connectivity index (χ2n) is 4.09. The normalized spacial score (nSPS) is 18.8. The molecule has 16 heavy (non-hydrogen) atoms. The Hall–Kier alpha value is -1.48. The molecule has 3 rings (SSSR count). The molecule has 1 aliphatic carbocycles. The van der Waals surface area contributed by atoms with Gasteiger partial charge in [0, 0.05) is 22.6 Å². The first-order chi connectivity index (χ1) is 7.84. The van der Waals surface area contributed by atoms with Crippen LogP contribution in [0.2, 0.25) is 0 Å². The maximum atomic E-state index is 12.1. The Kier molecular flexibility index (Phi) is 2.33. The monoisotopic (exact) mass is 229 g/mol. The number of thiazole rings is 1. The zero-order valence-electron chi connectivity index (χ0n) is 8.72. The van der Waals surface area contributed by atoms with Gasteiger partial charge in [-0.05, 0) is 18.4 Å². The quantitative estimate of drug-likeness (QED) is 0.792. The lowest BCUT2D eigenvalue weighted by Gasteiger charge is -2.04. The number of nitrogens with zero attached hydrogens (tertiary/aromatic N) is 1. The van der Waals surface area contributed by atoms with Crippen molar-refractivity contribution < 1.29 is 4.79 Å². The minimum atomic E-state index is 0.123. The molecule has 0 spiro atoms. The summed E-state index contributed by atoms with van der Waals surface area (Å²) in [5, 5.41) is 0. The van der Waals surface area contributed by atoms with Crippen LogP contribution in [0.15, 0.2) is 36.0 Å². The Morgan fingerprint density at radius 2 is 2.25 bits per heavy atom. The molecule has 1 aliphatic rings. The summed E-state index contributed by atoms with van der Waals surface area (Å²) in [5.41, 5.74) is 3.93. The highest BCUT2D eigenvalue weighted by Gasteiger charge is 2.30. The zero-order chi connectivity index (χ0) is 11.0. The smallest absolute Gasteiger partial charge is 0.166 e. The number of hydrogen-bond donors (Lipinski definition) is 0. The number of aromatic nitrogens is 1. The van der Waals surface area contributed by atoms with E-state index in [0.29, 0.717) is 5.78 Å². The molecule has 0 amide bonds. The average molecular weight is 229 g/mol. The Balaban J connectivity index is 1.85. The summed E-state index contributed by atoms with van der Waals surface area (Å²) >= 11 is 1.63. The van der Waals surface area contributed by atoms with E-state index >= 15 is 0 Å². The predicted molar refractivity (Wildman–Crippen MR) is 63.8 cm³/mol. The third-order valence-corrected chi connectivity index (χ3v) is 3.85. The van der Waals surface area contributed by atoms with Crippen LogP contribution in [0.4, 0.5) is 0 Å². The van der Waals surface area contributed by atoms with Gasteiger partial charge in [0.2, 0.25) is 0 Å². The van der Waals surface area contributed by atoms with Gasteiger partial charge in [-0.15, -0.1) is 11.3 Å². The number of carbonyl (C=O) groups is 1. The topological polar surface area (TPSA) is 30.0 Å². The number of hydrogen-bond acceptors (Lipinski definition) is 3. The van der Waals surface area contributed by atoms with E-state index in [9.17, 15) is 4.79 Å². The highest BCUT2D eigenvalue weighted by molar-refractivity contribution is 7.09. The van der Waals surface area contributed by atoms with E-state index in [1.165, 1.54) is 10.4 Å². The molecule has 2 nitrogen and oxygen atoms in total. The molecule has 0 fully saturated rings. The van der Waals surface area contributed by atoms with Crippen LogP contribution in [0.1, 0.15) is 20.8 Å². The SMILES string of the molecule is O=C1c2ccccc2CC1Cc1cncs1. The number of rotatable bonds is 2. The van der Waals surface area contributed by atoms with E-state index in [-0.39, 0.29) is 5.92 Å². The fourth-order valence-electron chi connectivity index (χ4n) is 2.27. The van der Waals surface area contributed by atoms with Crippen LogP contribution >= 0.6 is 11.3 Å². The first-order valence-corrected chi connectivity index (χ1v) is 6.22. The number of Topliss-reactive ketones (excluding diaryl/α,β-unsaturated/α-hetero) is 1. The molecule has 1 unspecified atom stereocenters. The summed E-state index contributed by atoms with van der Waals surface area (Å²) in [5.74, 6) is 0.418. The zero-order valence-corrected chi connectivity index (χ0v) is 9.54. The van der Waals surface area contributed by atoms with Crippen LogP contribution in [0.5, 0.6) is 0 Å². The van der Waals surface area contributed by atoms with Crippen molar-refractivity contribution >= 4 is 17.1 Å². The van der Waals surface area contributed by atoms with E-state index < -0.39 is 0 Å². The van der Waals surface area contributed by atoms with Gasteiger partial charge in [-0.25, -0.2) is 0 Å². The van der Waals surface area contributed by atoms with Crippen molar-refractivity contribution in [1.82, 2.24) is 4.98 Å². The molecule has 1 aromatic carbocycles. The molecule has 1 atom stereocenters. The van der Waals surface area contributed by atoms with Gasteiger partial charge in [-0.3, -0.25) is 9.78 Å². The van der Waals surface area contributed by atoms with Gasteiger partial charge in [0.05, 0.1) is 5.51 Å². The summed E-state index contributed by atoms with van der Waals surface area (Å²) in [6.45, 7) is 0. The Morgan fingerprint density at radius 1 is 1.38 bits per heavy atom. The molecule has 0 bridgehead atoms. The lowest BCUT2D eigenvalue weighted by atomic mass is 10.0. The minimum Gasteiger partial charge on any atom is -0.294 e. The van der Waals surface area contributed by atoms with Crippen LogP contribution < -0.4 is 0 Å². The van der Waals surface area contributed by atoms with Crippen LogP contribution in [0.25, 0.3) is 0 Å². The minimum absolute atomic E-state index is 0.123. The molecule has 0 saturated carbocycles. The van der Waals surface area contributed by atoms with Gasteiger partial charge in [0.25, 0.3) is 0 Å². The number of carbonyl (C=O) groups excluding carboxylic acids is 1. The van der Waals surface area contributed by atoms with Crippen molar-refractivity contribution in [3.8, 4) is 0 Å². The second-order valence-corrected chi connectivity index (χ2v) is 5.07. The van der Waals surface area contributed by atoms with Gasteiger partial charge in [-0.2, -0.15) is 0 Å². The van der Waals surface area contributed by atoms with E-state index in [0.717, 1.165) is 18.4 Å². The largest absolute Gasteiger partial charge is 0.294 e. The van der Waals surface area contributed by atoms with Gasteiger partial charge >= 0.3 is 0 Å². The fraction of sp³-hybridized carbons (Fsp3) is 0.231. The fourth-order valence-corrected chi connectivity index (χ4v) is 2.94. The van der Waals surface area contributed by atoms with Crippen molar-refractivity contribution in [3.05, 3.63) is 52.0 Å². The van der Waals surface area contributed by atoms with Crippen molar-refractivity contribution in [3.63, 3.8) is 0 Å². The summed E-state index contributed by atoms with van der Waals surface area (Å²) in [4.78, 5) is 17.4. The molecule has 0 radical (unpaired) electrons. The summed E-state index contributed by atoms with van der Waals surface area (Å²) in [7, 11) is 0. The van der Waals surface area contributed by atoms with Crippen molar-refractivity contribution in [2.24, 2.45) is 5.92 Å². The number of ketones is 1. The van der Waals surface area contributed by atoms with Gasteiger partial charge < -0.3 is 0 Å². The first kappa shape index (κ1) is 9.73. The Labute approximate surface area is 98.0 Å². The average Bonchev–Trinajstić information content (AvgIpc) is 2.90. The van der Waals surface area contributed by atoms with Crippen LogP contribution in [-0.2, 0) is 12.8 Å². The highest BCUT2D eigenvalue weighted by Crippen LogP contribution is 2.29. The van der Waals surface area contributed by atoms with E-state index in [2.05, 4.69) is 11.1 Å². The molecule has 80 valence electrons. The van der Waals surface area contributed by atoms with Gasteiger partial charge in [0.15, 0.2) is 5.78 Å². The standard InChI is InChI=1S/C13H11NOS/c15-13-10(6-11-7-14-8-16-11)5-9-3-1-2-4-12(9)13/h1-4,7-8,10H,5-6H2. The van der Waals surface area contributed by atoms with Gasteiger partial charge in [0.1, 0.15) is 0 Å². The predicted octanol–water partition coefficient (Wildman–Crippen LogP) is 2.74. The number of benzene rings is 1. The van der Waals surface area contributed by atoms with Crippen LogP contribution in [-0.4, -0.2) is 10.8 Å². The third kappa shape index (κ3) is 1.57. The second kappa shape index (κ2) is 3.83. The van der Waals surface area contributed by atoms with E-state index in [4.69, 9.17) is 0 Å². The number of fused-ring (bicyclic) bond motifs is 1. The summed E-state index contributed by atoms with van der Waals surface area (Å²) < 4.78 is 0. The maximum absolute atomic E-state index is 12.1. The molecule has 1 aromatic heterocycles. The van der Waals surface area contributed by atoms with E-state index in [1.54, 1.807) is 11.3 Å². The summed E-state index contributed by atoms with van der Waals surface area (Å²) in [6.07, 6.45) is 3.58. The Morgan fingerprint density at radius 3 is 3.00 bits per heavy atom. The van der Waals surface area contributed by atoms with Crippen LogP contribution in [0, 0.1) is 5.92 Å². The maximum Gasteiger partial charge on any atom is 0.166 e. The van der Waals surface area contributed by atoms with E-state index in [1.807, 2.05) is 29.9 Å². The van der Waals surface area contributed by atoms with Crippen LogP contribution in [0.3, 0.4) is 0 Å². The molecule has 0 aliphatic heterocycles. The molecule has 2 aromatic rings. The van der Waals surface area contributed by atoms with Crippen molar-refractivity contribution in [2.45, 2.75) is 12.8 Å². The molecule has 0 N–H and O–H groups in total. The Bertz CT molecular complexity index is 516. The third-order valence-electron chi connectivity index (χ3n) is 3.05.